The van der Waals surface area contributed by atoms with Crippen LogP contribution in [0.5, 0.6) is 11.5 Å². The van der Waals surface area contributed by atoms with E-state index in [0.29, 0.717) is 22.7 Å². The normalized spacial score (nSPS) is 20.1. The quantitative estimate of drug-likeness (QED) is 0.856. The van der Waals surface area contributed by atoms with Gasteiger partial charge < -0.3 is 20.1 Å². The Hall–Kier alpha value is -2.12. The molecule has 2 atom stereocenters. The summed E-state index contributed by atoms with van der Waals surface area (Å²) in [5.41, 5.74) is 1.73. The minimum Gasteiger partial charge on any atom is -0.493 e. The van der Waals surface area contributed by atoms with Crippen LogP contribution in [0.4, 0.5) is 5.13 Å². The van der Waals surface area contributed by atoms with Crippen molar-refractivity contribution in [2.45, 2.75) is 25.8 Å². The van der Waals surface area contributed by atoms with Crippen molar-refractivity contribution in [1.82, 2.24) is 10.3 Å². The number of nitrogens with one attached hydrogen (secondary N) is 2. The number of carbonyl (C=O) groups is 1. The molecule has 1 aromatic carbocycles. The standard InChI is InChI=1S/C18H23N3O3S/c1-11-8-13(6-7-19-11)17(22)21-18-20-14(10-25-18)12-4-5-15(23-2)16(9-12)24-3/h4-5,9-11,13,19H,6-8H2,1-3H3,(H,20,21,22)/t11-,13-/m0/s1. The van der Waals surface area contributed by atoms with Gasteiger partial charge >= 0.3 is 0 Å². The summed E-state index contributed by atoms with van der Waals surface area (Å²) in [6.07, 6.45) is 1.73. The number of piperidine rings is 1. The molecule has 1 fully saturated rings. The summed E-state index contributed by atoms with van der Waals surface area (Å²) < 4.78 is 10.6. The van der Waals surface area contributed by atoms with Gasteiger partial charge in [0.1, 0.15) is 0 Å². The molecule has 7 heteroatoms. The zero-order valence-corrected chi connectivity index (χ0v) is 15.5. The molecule has 2 aromatic rings. The molecular formula is C18H23N3O3S. The number of benzene rings is 1. The molecule has 134 valence electrons. The van der Waals surface area contributed by atoms with E-state index in [0.717, 1.165) is 30.6 Å². The van der Waals surface area contributed by atoms with Crippen LogP contribution in [-0.2, 0) is 4.79 Å². The van der Waals surface area contributed by atoms with Crippen molar-refractivity contribution in [2.24, 2.45) is 5.92 Å². The number of rotatable bonds is 5. The molecule has 1 aliphatic rings. The Morgan fingerprint density at radius 2 is 2.12 bits per heavy atom. The predicted octanol–water partition coefficient (Wildman–Crippen LogP) is 3.15. The molecule has 0 aliphatic carbocycles. The van der Waals surface area contributed by atoms with Crippen molar-refractivity contribution >= 4 is 22.4 Å². The Balaban J connectivity index is 1.71. The minimum atomic E-state index is 0.0460. The van der Waals surface area contributed by atoms with E-state index >= 15 is 0 Å². The highest BCUT2D eigenvalue weighted by Crippen LogP contribution is 2.33. The van der Waals surface area contributed by atoms with E-state index in [1.54, 1.807) is 14.2 Å². The van der Waals surface area contributed by atoms with Crippen molar-refractivity contribution in [3.05, 3.63) is 23.6 Å². The van der Waals surface area contributed by atoms with Gasteiger partial charge in [-0.2, -0.15) is 0 Å². The molecule has 6 nitrogen and oxygen atoms in total. The van der Waals surface area contributed by atoms with Gasteiger partial charge in [0, 0.05) is 22.9 Å². The fraction of sp³-hybridized carbons (Fsp3) is 0.444. The molecule has 1 aliphatic heterocycles. The second kappa shape index (κ2) is 7.84. The Labute approximate surface area is 151 Å². The molecule has 2 heterocycles. The Morgan fingerprint density at radius 1 is 1.32 bits per heavy atom. The lowest BCUT2D eigenvalue weighted by Gasteiger charge is -2.26. The molecule has 1 amide bonds. The van der Waals surface area contributed by atoms with Crippen LogP contribution in [0.15, 0.2) is 23.6 Å². The topological polar surface area (TPSA) is 72.5 Å². The predicted molar refractivity (Wildman–Crippen MR) is 99.5 cm³/mol. The summed E-state index contributed by atoms with van der Waals surface area (Å²) in [7, 11) is 3.21. The van der Waals surface area contributed by atoms with Crippen LogP contribution in [0.1, 0.15) is 19.8 Å². The van der Waals surface area contributed by atoms with Crippen molar-refractivity contribution in [2.75, 3.05) is 26.1 Å². The van der Waals surface area contributed by atoms with E-state index < -0.39 is 0 Å². The van der Waals surface area contributed by atoms with E-state index in [4.69, 9.17) is 9.47 Å². The van der Waals surface area contributed by atoms with Crippen molar-refractivity contribution in [1.29, 1.82) is 0 Å². The first-order valence-corrected chi connectivity index (χ1v) is 9.21. The van der Waals surface area contributed by atoms with Gasteiger partial charge in [-0.1, -0.05) is 0 Å². The summed E-state index contributed by atoms with van der Waals surface area (Å²) >= 11 is 1.43. The van der Waals surface area contributed by atoms with Crippen molar-refractivity contribution < 1.29 is 14.3 Å². The average molecular weight is 361 g/mol. The number of thiazole rings is 1. The minimum absolute atomic E-state index is 0.0460. The zero-order valence-electron chi connectivity index (χ0n) is 14.7. The van der Waals surface area contributed by atoms with Crippen molar-refractivity contribution in [3.63, 3.8) is 0 Å². The highest BCUT2D eigenvalue weighted by Gasteiger charge is 2.25. The SMILES string of the molecule is COc1ccc(-c2csc(NC(=O)[C@H]3CCN[C@@H](C)C3)n2)cc1OC. The first-order chi connectivity index (χ1) is 12.1. The van der Waals surface area contributed by atoms with Gasteiger partial charge in [-0.25, -0.2) is 4.98 Å². The van der Waals surface area contributed by atoms with E-state index in [2.05, 4.69) is 22.5 Å². The van der Waals surface area contributed by atoms with Gasteiger partial charge in [0.2, 0.25) is 5.91 Å². The lowest BCUT2D eigenvalue weighted by Crippen LogP contribution is -2.40. The monoisotopic (exact) mass is 361 g/mol. The molecule has 25 heavy (non-hydrogen) atoms. The molecule has 0 unspecified atom stereocenters. The summed E-state index contributed by atoms with van der Waals surface area (Å²) in [4.78, 5) is 17.0. The number of anilines is 1. The van der Waals surface area contributed by atoms with Gasteiger partial charge in [0.05, 0.1) is 19.9 Å². The van der Waals surface area contributed by atoms with E-state index in [9.17, 15) is 4.79 Å². The van der Waals surface area contributed by atoms with Crippen LogP contribution in [0.2, 0.25) is 0 Å². The maximum Gasteiger partial charge on any atom is 0.229 e. The summed E-state index contributed by atoms with van der Waals surface area (Å²) in [6.45, 7) is 2.99. The van der Waals surface area contributed by atoms with Gasteiger partial charge in [0.15, 0.2) is 16.6 Å². The van der Waals surface area contributed by atoms with Gasteiger partial charge in [-0.05, 0) is 44.5 Å². The molecule has 3 rings (SSSR count). The van der Waals surface area contributed by atoms with Crippen LogP contribution in [-0.4, -0.2) is 37.7 Å². The molecule has 1 saturated heterocycles. The fourth-order valence-electron chi connectivity index (χ4n) is 3.04. The first kappa shape index (κ1) is 17.7. The van der Waals surface area contributed by atoms with Gasteiger partial charge in [0.25, 0.3) is 0 Å². The number of nitrogens with zero attached hydrogens (tertiary/aromatic N) is 1. The van der Waals surface area contributed by atoms with Crippen LogP contribution < -0.4 is 20.1 Å². The smallest absolute Gasteiger partial charge is 0.229 e. The third-order valence-corrected chi connectivity index (χ3v) is 5.17. The summed E-state index contributed by atoms with van der Waals surface area (Å²) in [5.74, 6) is 1.43. The highest BCUT2D eigenvalue weighted by atomic mass is 32.1. The third kappa shape index (κ3) is 4.11. The molecule has 0 bridgehead atoms. The lowest BCUT2D eigenvalue weighted by molar-refractivity contribution is -0.120. The number of carbonyl (C=O) groups excluding carboxylic acids is 1. The molecular weight excluding hydrogens is 338 g/mol. The molecule has 0 saturated carbocycles. The maximum absolute atomic E-state index is 12.4. The second-order valence-electron chi connectivity index (χ2n) is 6.17. The van der Waals surface area contributed by atoms with Gasteiger partial charge in [-0.3, -0.25) is 4.79 Å². The fourth-order valence-corrected chi connectivity index (χ4v) is 3.76. The second-order valence-corrected chi connectivity index (χ2v) is 7.03. The number of amides is 1. The summed E-state index contributed by atoms with van der Waals surface area (Å²) in [5, 5.41) is 8.88. The lowest BCUT2D eigenvalue weighted by atomic mass is 9.92. The number of methoxy groups -OCH3 is 2. The van der Waals surface area contributed by atoms with Crippen LogP contribution in [0.3, 0.4) is 0 Å². The largest absolute Gasteiger partial charge is 0.493 e. The number of ether oxygens (including phenoxy) is 2. The number of hydrogen-bond donors (Lipinski definition) is 2. The Bertz CT molecular complexity index is 747. The van der Waals surface area contributed by atoms with E-state index in [1.807, 2.05) is 23.6 Å². The molecule has 1 aromatic heterocycles. The van der Waals surface area contributed by atoms with Crippen molar-refractivity contribution in [3.8, 4) is 22.8 Å². The zero-order chi connectivity index (χ0) is 17.8. The molecule has 0 spiro atoms. The highest BCUT2D eigenvalue weighted by molar-refractivity contribution is 7.14. The van der Waals surface area contributed by atoms with E-state index in [-0.39, 0.29) is 11.8 Å². The Kier molecular flexibility index (Phi) is 5.55. The summed E-state index contributed by atoms with van der Waals surface area (Å²) in [6, 6.07) is 6.04. The first-order valence-electron chi connectivity index (χ1n) is 8.33. The average Bonchev–Trinajstić information content (AvgIpc) is 3.09. The third-order valence-electron chi connectivity index (χ3n) is 4.41. The number of aromatic nitrogens is 1. The molecule has 0 radical (unpaired) electrons. The van der Waals surface area contributed by atoms with Crippen LogP contribution >= 0.6 is 11.3 Å². The van der Waals surface area contributed by atoms with Crippen LogP contribution in [0.25, 0.3) is 11.3 Å². The molecule has 2 N–H and O–H groups in total. The maximum atomic E-state index is 12.4. The Morgan fingerprint density at radius 3 is 2.84 bits per heavy atom. The van der Waals surface area contributed by atoms with Gasteiger partial charge in [-0.15, -0.1) is 11.3 Å². The van der Waals surface area contributed by atoms with Crippen LogP contribution in [0, 0.1) is 5.92 Å². The number of hydrogen-bond acceptors (Lipinski definition) is 6. The van der Waals surface area contributed by atoms with E-state index in [1.165, 1.54) is 11.3 Å².